The number of imidazole rings is 1. The van der Waals surface area contributed by atoms with E-state index in [1.54, 1.807) is 4.52 Å². The molecule has 0 spiro atoms. The van der Waals surface area contributed by atoms with Gasteiger partial charge in [-0.15, -0.1) is 0 Å². The zero-order valence-corrected chi connectivity index (χ0v) is 14.5. The van der Waals surface area contributed by atoms with Crippen molar-refractivity contribution in [3.8, 4) is 0 Å². The number of nitrogens with one attached hydrogen (secondary N) is 1. The maximum absolute atomic E-state index is 13.8. The van der Waals surface area contributed by atoms with Crippen molar-refractivity contribution < 1.29 is 9.18 Å². The number of amides is 1. The predicted molar refractivity (Wildman–Crippen MR) is 96.7 cm³/mol. The number of aromatic amines is 1. The van der Waals surface area contributed by atoms with Gasteiger partial charge in [0, 0.05) is 12.1 Å². The normalized spacial score (nSPS) is 19.6. The van der Waals surface area contributed by atoms with Gasteiger partial charge in [-0.25, -0.2) is 8.91 Å². The van der Waals surface area contributed by atoms with Gasteiger partial charge in [0.25, 0.3) is 5.91 Å². The quantitative estimate of drug-likeness (QED) is 0.755. The largest absolute Gasteiger partial charge is 0.366 e. The van der Waals surface area contributed by atoms with Gasteiger partial charge in [-0.3, -0.25) is 4.79 Å². The Hall–Kier alpha value is -2.41. The third kappa shape index (κ3) is 2.58. The minimum absolute atomic E-state index is 0.153. The van der Waals surface area contributed by atoms with Crippen LogP contribution in [-0.4, -0.2) is 45.0 Å². The molecule has 0 unspecified atom stereocenters. The first-order valence-electron chi connectivity index (χ1n) is 9.31. The number of benzene rings is 1. The molecule has 3 aromatic rings. The number of primary amides is 1. The topological polar surface area (TPSA) is 79.4 Å². The molecule has 0 radical (unpaired) electrons. The maximum atomic E-state index is 13.8. The van der Waals surface area contributed by atoms with E-state index in [1.807, 2.05) is 6.20 Å². The van der Waals surface area contributed by atoms with E-state index in [9.17, 15) is 9.18 Å². The summed E-state index contributed by atoms with van der Waals surface area (Å²) in [6.07, 6.45) is 6.84. The second kappa shape index (κ2) is 5.81. The van der Waals surface area contributed by atoms with Crippen LogP contribution in [0.15, 0.2) is 18.3 Å². The molecule has 2 fully saturated rings. The fourth-order valence-electron chi connectivity index (χ4n) is 4.28. The van der Waals surface area contributed by atoms with Gasteiger partial charge in [-0.1, -0.05) is 0 Å². The van der Waals surface area contributed by atoms with Gasteiger partial charge in [0.05, 0.1) is 17.3 Å². The van der Waals surface area contributed by atoms with Crippen molar-refractivity contribution in [2.24, 2.45) is 11.7 Å². The molecular weight excluding hydrogens is 333 g/mol. The summed E-state index contributed by atoms with van der Waals surface area (Å²) in [5.41, 5.74) is 8.68. The average molecular weight is 355 g/mol. The Bertz CT molecular complexity index is 994. The molecule has 2 aliphatic rings. The average Bonchev–Trinajstić information content (AvgIpc) is 3.22. The summed E-state index contributed by atoms with van der Waals surface area (Å²) in [6, 6.07) is 2.56. The SMILES string of the molecule is NC(=O)c1cc(F)cc2[nH]c3c(C4CCN(CC5CC5)CC4)cnn3c12. The number of hydrogen-bond donors (Lipinski definition) is 2. The molecule has 1 aliphatic heterocycles. The van der Waals surface area contributed by atoms with Crippen LogP contribution in [0, 0.1) is 11.7 Å². The number of piperidine rings is 1. The van der Waals surface area contributed by atoms with E-state index in [-0.39, 0.29) is 5.56 Å². The van der Waals surface area contributed by atoms with Crippen LogP contribution < -0.4 is 5.73 Å². The van der Waals surface area contributed by atoms with E-state index in [1.165, 1.54) is 31.5 Å². The Morgan fingerprint density at radius 1 is 1.27 bits per heavy atom. The monoisotopic (exact) mass is 355 g/mol. The molecule has 6 nitrogen and oxygen atoms in total. The predicted octanol–water partition coefficient (Wildman–Crippen LogP) is 2.64. The summed E-state index contributed by atoms with van der Waals surface area (Å²) in [6.45, 7) is 3.46. The number of carbonyl (C=O) groups excluding carboxylic acids is 1. The number of aromatic nitrogens is 3. The maximum Gasteiger partial charge on any atom is 0.251 e. The van der Waals surface area contributed by atoms with E-state index in [0.717, 1.165) is 43.1 Å². The lowest BCUT2D eigenvalue weighted by atomic mass is 9.91. The fourth-order valence-corrected chi connectivity index (χ4v) is 4.28. The zero-order valence-electron chi connectivity index (χ0n) is 14.5. The zero-order chi connectivity index (χ0) is 17.8. The second-order valence-corrected chi connectivity index (χ2v) is 7.72. The standard InChI is InChI=1S/C19H22FN5O/c20-13-7-14(18(21)26)17-16(8-13)23-19-15(9-22-25(17)19)12-3-5-24(6-4-12)10-11-1-2-11/h7-9,11-12,23H,1-6,10H2,(H2,21,26). The van der Waals surface area contributed by atoms with E-state index in [4.69, 9.17) is 5.73 Å². The first-order chi connectivity index (χ1) is 12.6. The van der Waals surface area contributed by atoms with E-state index >= 15 is 0 Å². The molecule has 1 amide bonds. The van der Waals surface area contributed by atoms with Gasteiger partial charge in [-0.2, -0.15) is 5.10 Å². The van der Waals surface area contributed by atoms with Crippen LogP contribution in [0.4, 0.5) is 4.39 Å². The molecule has 1 aliphatic carbocycles. The highest BCUT2D eigenvalue weighted by atomic mass is 19.1. The number of rotatable bonds is 4. The molecule has 7 heteroatoms. The molecule has 1 aromatic carbocycles. The fraction of sp³-hybridized carbons (Fsp3) is 0.474. The van der Waals surface area contributed by atoms with E-state index in [0.29, 0.717) is 17.0 Å². The van der Waals surface area contributed by atoms with Crippen molar-refractivity contribution in [1.29, 1.82) is 0 Å². The minimum Gasteiger partial charge on any atom is -0.366 e. The molecular formula is C19H22FN5O. The second-order valence-electron chi connectivity index (χ2n) is 7.72. The summed E-state index contributed by atoms with van der Waals surface area (Å²) >= 11 is 0. The van der Waals surface area contributed by atoms with Crippen molar-refractivity contribution in [3.63, 3.8) is 0 Å². The van der Waals surface area contributed by atoms with Gasteiger partial charge < -0.3 is 15.6 Å². The molecule has 0 atom stereocenters. The summed E-state index contributed by atoms with van der Waals surface area (Å²) < 4.78 is 15.5. The van der Waals surface area contributed by atoms with Crippen LogP contribution in [0.5, 0.6) is 0 Å². The Labute approximate surface area is 150 Å². The molecule has 3 N–H and O–H groups in total. The molecule has 3 heterocycles. The highest BCUT2D eigenvalue weighted by Gasteiger charge is 2.29. The number of nitrogens with zero attached hydrogens (tertiary/aromatic N) is 3. The molecule has 1 saturated carbocycles. The Morgan fingerprint density at radius 3 is 2.73 bits per heavy atom. The van der Waals surface area contributed by atoms with Crippen LogP contribution in [0.25, 0.3) is 16.7 Å². The number of hydrogen-bond acceptors (Lipinski definition) is 3. The first kappa shape index (κ1) is 15.8. The molecule has 2 aromatic heterocycles. The number of halogens is 1. The van der Waals surface area contributed by atoms with Gasteiger partial charge in [-0.05, 0) is 62.7 Å². The number of carbonyl (C=O) groups is 1. The number of H-pyrrole nitrogens is 1. The van der Waals surface area contributed by atoms with Gasteiger partial charge >= 0.3 is 0 Å². The van der Waals surface area contributed by atoms with Crippen molar-refractivity contribution in [2.75, 3.05) is 19.6 Å². The van der Waals surface area contributed by atoms with Crippen molar-refractivity contribution in [2.45, 2.75) is 31.6 Å². The van der Waals surface area contributed by atoms with Crippen molar-refractivity contribution in [1.82, 2.24) is 19.5 Å². The highest BCUT2D eigenvalue weighted by Crippen LogP contribution is 2.35. The number of fused-ring (bicyclic) bond motifs is 3. The van der Waals surface area contributed by atoms with E-state index < -0.39 is 11.7 Å². The number of likely N-dealkylation sites (tertiary alicyclic amines) is 1. The number of nitrogens with two attached hydrogens (primary N) is 1. The van der Waals surface area contributed by atoms with Crippen LogP contribution in [-0.2, 0) is 0 Å². The lowest BCUT2D eigenvalue weighted by Crippen LogP contribution is -2.34. The van der Waals surface area contributed by atoms with Crippen molar-refractivity contribution in [3.05, 3.63) is 35.3 Å². The molecule has 136 valence electrons. The van der Waals surface area contributed by atoms with Gasteiger partial charge in [0.15, 0.2) is 0 Å². The first-order valence-corrected chi connectivity index (χ1v) is 9.31. The third-order valence-electron chi connectivity index (χ3n) is 5.84. The van der Waals surface area contributed by atoms with Crippen LogP contribution in [0.1, 0.15) is 47.5 Å². The highest BCUT2D eigenvalue weighted by molar-refractivity contribution is 6.05. The van der Waals surface area contributed by atoms with Crippen LogP contribution >= 0.6 is 0 Å². The Morgan fingerprint density at radius 2 is 2.04 bits per heavy atom. The van der Waals surface area contributed by atoms with E-state index in [2.05, 4.69) is 15.0 Å². The molecule has 26 heavy (non-hydrogen) atoms. The van der Waals surface area contributed by atoms with Crippen molar-refractivity contribution >= 4 is 22.6 Å². The third-order valence-corrected chi connectivity index (χ3v) is 5.84. The summed E-state index contributed by atoms with van der Waals surface area (Å²) in [5, 5.41) is 4.47. The Balaban J connectivity index is 1.49. The smallest absolute Gasteiger partial charge is 0.251 e. The lowest BCUT2D eigenvalue weighted by Gasteiger charge is -2.31. The summed E-state index contributed by atoms with van der Waals surface area (Å²) in [7, 11) is 0. The van der Waals surface area contributed by atoms with Crippen LogP contribution in [0.3, 0.4) is 0 Å². The molecule has 5 rings (SSSR count). The van der Waals surface area contributed by atoms with Gasteiger partial charge in [0.1, 0.15) is 17.0 Å². The summed E-state index contributed by atoms with van der Waals surface area (Å²) in [4.78, 5) is 17.6. The minimum atomic E-state index is -0.652. The van der Waals surface area contributed by atoms with Crippen LogP contribution in [0.2, 0.25) is 0 Å². The Kier molecular flexibility index (Phi) is 3.53. The molecule has 0 bridgehead atoms. The van der Waals surface area contributed by atoms with Gasteiger partial charge in [0.2, 0.25) is 0 Å². The lowest BCUT2D eigenvalue weighted by molar-refractivity contribution is 0.100. The molecule has 1 saturated heterocycles. The summed E-state index contributed by atoms with van der Waals surface area (Å²) in [5.74, 6) is 0.217.